The second-order valence-corrected chi connectivity index (χ2v) is 6.28. The Morgan fingerprint density at radius 1 is 1.43 bits per heavy atom. The second kappa shape index (κ2) is 6.64. The highest BCUT2D eigenvalue weighted by Crippen LogP contribution is 2.33. The lowest BCUT2D eigenvalue weighted by molar-refractivity contribution is -0.152. The summed E-state index contributed by atoms with van der Waals surface area (Å²) >= 11 is 0. The highest BCUT2D eigenvalue weighted by Gasteiger charge is 2.42. The molecule has 120 valence electrons. The summed E-state index contributed by atoms with van der Waals surface area (Å²) < 4.78 is 5.31. The molecule has 2 aliphatic rings. The van der Waals surface area contributed by atoms with E-state index in [1.807, 2.05) is 6.92 Å². The van der Waals surface area contributed by atoms with Gasteiger partial charge in [0.05, 0.1) is 11.5 Å². The lowest BCUT2D eigenvalue weighted by atomic mass is 9.78. The Morgan fingerprint density at radius 2 is 2.19 bits per heavy atom. The average Bonchev–Trinajstić information content (AvgIpc) is 2.94. The van der Waals surface area contributed by atoms with Gasteiger partial charge < -0.3 is 20.1 Å². The van der Waals surface area contributed by atoms with Crippen molar-refractivity contribution >= 4 is 12.0 Å². The summed E-state index contributed by atoms with van der Waals surface area (Å²) in [5, 5.41) is 12.5. The van der Waals surface area contributed by atoms with Gasteiger partial charge in [0.1, 0.15) is 0 Å². The van der Waals surface area contributed by atoms with Gasteiger partial charge in [-0.1, -0.05) is 6.92 Å². The van der Waals surface area contributed by atoms with E-state index in [1.165, 1.54) is 0 Å². The fraction of sp³-hybridized carbons (Fsp3) is 0.867. The third-order valence-corrected chi connectivity index (χ3v) is 5.04. The molecule has 6 heteroatoms. The standard InChI is InChI=1S/C15H26N2O4/c1-3-15(13(18)19)7-4-8-17(10-15)14(20)16-11-5-6-12(9-11)21-2/h11-12H,3-10H2,1-2H3,(H,16,20)(H,18,19). The number of carboxylic acids is 1. The number of nitrogens with one attached hydrogen (secondary N) is 1. The number of hydrogen-bond acceptors (Lipinski definition) is 3. The number of amides is 2. The smallest absolute Gasteiger partial charge is 0.317 e. The Balaban J connectivity index is 1.92. The molecule has 0 aromatic carbocycles. The molecule has 2 fully saturated rings. The molecule has 3 unspecified atom stereocenters. The number of carbonyl (C=O) groups excluding carboxylic acids is 1. The third kappa shape index (κ3) is 3.48. The van der Waals surface area contributed by atoms with Crippen molar-refractivity contribution in [1.29, 1.82) is 0 Å². The van der Waals surface area contributed by atoms with E-state index in [9.17, 15) is 14.7 Å². The molecule has 1 aliphatic carbocycles. The van der Waals surface area contributed by atoms with Gasteiger partial charge in [-0.3, -0.25) is 4.79 Å². The topological polar surface area (TPSA) is 78.9 Å². The molecule has 3 atom stereocenters. The van der Waals surface area contributed by atoms with E-state index in [4.69, 9.17) is 4.74 Å². The summed E-state index contributed by atoms with van der Waals surface area (Å²) in [6.07, 6.45) is 4.92. The fourth-order valence-corrected chi connectivity index (χ4v) is 3.47. The highest BCUT2D eigenvalue weighted by molar-refractivity contribution is 5.79. The summed E-state index contributed by atoms with van der Waals surface area (Å²) in [6, 6.07) is 0.0146. The number of rotatable bonds is 4. The lowest BCUT2D eigenvalue weighted by Crippen LogP contribution is -2.53. The van der Waals surface area contributed by atoms with Crippen LogP contribution in [0.15, 0.2) is 0 Å². The molecular formula is C15H26N2O4. The number of hydrogen-bond donors (Lipinski definition) is 2. The van der Waals surface area contributed by atoms with E-state index in [-0.39, 0.29) is 18.2 Å². The zero-order valence-corrected chi connectivity index (χ0v) is 12.9. The van der Waals surface area contributed by atoms with Crippen LogP contribution < -0.4 is 5.32 Å². The first-order valence-electron chi connectivity index (χ1n) is 7.82. The van der Waals surface area contributed by atoms with Gasteiger partial charge in [0.2, 0.25) is 0 Å². The molecule has 2 amide bonds. The van der Waals surface area contributed by atoms with Crippen LogP contribution in [0.1, 0.15) is 45.4 Å². The molecular weight excluding hydrogens is 272 g/mol. The zero-order valence-electron chi connectivity index (χ0n) is 12.9. The molecule has 1 saturated heterocycles. The van der Waals surface area contributed by atoms with Crippen LogP contribution >= 0.6 is 0 Å². The largest absolute Gasteiger partial charge is 0.481 e. The van der Waals surface area contributed by atoms with Gasteiger partial charge in [-0.2, -0.15) is 0 Å². The SMILES string of the molecule is CCC1(C(=O)O)CCCN(C(=O)NC2CCC(OC)C2)C1. The summed E-state index contributed by atoms with van der Waals surface area (Å²) in [7, 11) is 1.70. The highest BCUT2D eigenvalue weighted by atomic mass is 16.5. The number of carboxylic acid groups (broad SMARTS) is 1. The van der Waals surface area contributed by atoms with E-state index >= 15 is 0 Å². The maximum Gasteiger partial charge on any atom is 0.317 e. The van der Waals surface area contributed by atoms with Gasteiger partial charge in [-0.15, -0.1) is 0 Å². The van der Waals surface area contributed by atoms with E-state index in [2.05, 4.69) is 5.32 Å². The lowest BCUT2D eigenvalue weighted by Gasteiger charge is -2.39. The molecule has 6 nitrogen and oxygen atoms in total. The van der Waals surface area contributed by atoms with Crippen molar-refractivity contribution in [2.45, 2.75) is 57.6 Å². The fourth-order valence-electron chi connectivity index (χ4n) is 3.47. The first-order chi connectivity index (χ1) is 10.0. The van der Waals surface area contributed by atoms with Crippen LogP contribution in [0.2, 0.25) is 0 Å². The van der Waals surface area contributed by atoms with Crippen molar-refractivity contribution in [2.75, 3.05) is 20.2 Å². The third-order valence-electron chi connectivity index (χ3n) is 5.04. The summed E-state index contributed by atoms with van der Waals surface area (Å²) in [5.74, 6) is -0.789. The van der Waals surface area contributed by atoms with Crippen LogP contribution in [-0.2, 0) is 9.53 Å². The number of likely N-dealkylation sites (tertiary alicyclic amines) is 1. The van der Waals surface area contributed by atoms with Gasteiger partial charge >= 0.3 is 12.0 Å². The Bertz CT molecular complexity index is 401. The molecule has 1 aliphatic heterocycles. The molecule has 0 aromatic rings. The normalized spacial score (nSPS) is 33.0. The number of piperidine rings is 1. The minimum atomic E-state index is -0.789. The Labute approximate surface area is 125 Å². The number of carbonyl (C=O) groups is 2. The molecule has 0 spiro atoms. The molecule has 0 radical (unpaired) electrons. The van der Waals surface area contributed by atoms with Crippen molar-refractivity contribution in [2.24, 2.45) is 5.41 Å². The van der Waals surface area contributed by atoms with Crippen molar-refractivity contribution in [3.8, 4) is 0 Å². The molecule has 2 rings (SSSR count). The Hall–Kier alpha value is -1.30. The van der Waals surface area contributed by atoms with Crippen molar-refractivity contribution in [3.05, 3.63) is 0 Å². The first-order valence-corrected chi connectivity index (χ1v) is 7.82. The van der Waals surface area contributed by atoms with E-state index in [0.29, 0.717) is 25.9 Å². The van der Waals surface area contributed by atoms with Crippen LogP contribution in [0.5, 0.6) is 0 Å². The molecule has 1 saturated carbocycles. The van der Waals surface area contributed by atoms with Crippen LogP contribution in [0.4, 0.5) is 4.79 Å². The molecule has 0 aromatic heterocycles. The van der Waals surface area contributed by atoms with Gasteiger partial charge in [-0.05, 0) is 38.5 Å². The van der Waals surface area contributed by atoms with E-state index < -0.39 is 11.4 Å². The maximum atomic E-state index is 12.4. The van der Waals surface area contributed by atoms with Crippen molar-refractivity contribution in [3.63, 3.8) is 0 Å². The number of nitrogens with zero attached hydrogens (tertiary/aromatic N) is 1. The summed E-state index contributed by atoms with van der Waals surface area (Å²) in [4.78, 5) is 25.6. The summed E-state index contributed by atoms with van der Waals surface area (Å²) in [6.45, 7) is 2.84. The van der Waals surface area contributed by atoms with Crippen LogP contribution in [-0.4, -0.2) is 54.4 Å². The van der Waals surface area contributed by atoms with Gasteiger partial charge in [0, 0.05) is 26.2 Å². The van der Waals surface area contributed by atoms with Crippen molar-refractivity contribution < 1.29 is 19.4 Å². The van der Waals surface area contributed by atoms with Crippen LogP contribution in [0.25, 0.3) is 0 Å². The van der Waals surface area contributed by atoms with E-state index in [1.54, 1.807) is 12.0 Å². The molecule has 1 heterocycles. The Morgan fingerprint density at radius 3 is 2.76 bits per heavy atom. The average molecular weight is 298 g/mol. The molecule has 21 heavy (non-hydrogen) atoms. The van der Waals surface area contributed by atoms with Crippen LogP contribution in [0.3, 0.4) is 0 Å². The monoisotopic (exact) mass is 298 g/mol. The maximum absolute atomic E-state index is 12.4. The quantitative estimate of drug-likeness (QED) is 0.830. The van der Waals surface area contributed by atoms with E-state index in [0.717, 1.165) is 25.7 Å². The first kappa shape index (κ1) is 16.1. The minimum Gasteiger partial charge on any atom is -0.481 e. The number of methoxy groups -OCH3 is 1. The zero-order chi connectivity index (χ0) is 15.5. The molecule has 0 bridgehead atoms. The molecule has 2 N–H and O–H groups in total. The number of aliphatic carboxylic acids is 1. The summed E-state index contributed by atoms with van der Waals surface area (Å²) in [5.41, 5.74) is -0.777. The van der Waals surface area contributed by atoms with Gasteiger partial charge in [-0.25, -0.2) is 4.79 Å². The van der Waals surface area contributed by atoms with Crippen LogP contribution in [0, 0.1) is 5.41 Å². The number of ether oxygens (including phenoxy) is 1. The number of urea groups is 1. The van der Waals surface area contributed by atoms with Gasteiger partial charge in [0.25, 0.3) is 0 Å². The van der Waals surface area contributed by atoms with Gasteiger partial charge in [0.15, 0.2) is 0 Å². The Kier molecular flexibility index (Phi) is 5.08. The van der Waals surface area contributed by atoms with Crippen molar-refractivity contribution in [1.82, 2.24) is 10.2 Å². The minimum absolute atomic E-state index is 0.129. The predicted octanol–water partition coefficient (Wildman–Crippen LogP) is 1.84. The predicted molar refractivity (Wildman–Crippen MR) is 78.1 cm³/mol. The second-order valence-electron chi connectivity index (χ2n) is 6.28.